The van der Waals surface area contributed by atoms with Gasteiger partial charge in [0.15, 0.2) is 0 Å². The predicted molar refractivity (Wildman–Crippen MR) is 66.9 cm³/mol. The van der Waals surface area contributed by atoms with E-state index in [1.165, 1.54) is 12.8 Å². The van der Waals surface area contributed by atoms with Crippen molar-refractivity contribution in [2.75, 3.05) is 6.54 Å². The Bertz CT molecular complexity index is 228. The summed E-state index contributed by atoms with van der Waals surface area (Å²) in [6.45, 7) is 6.97. The van der Waals surface area contributed by atoms with E-state index in [-0.39, 0.29) is 11.8 Å². The van der Waals surface area contributed by atoms with Gasteiger partial charge in [-0.05, 0) is 31.1 Å². The van der Waals surface area contributed by atoms with Crippen molar-refractivity contribution < 1.29 is 4.79 Å². The first-order valence-electron chi connectivity index (χ1n) is 6.54. The van der Waals surface area contributed by atoms with E-state index in [1.807, 2.05) is 6.92 Å². The number of hydrogen-bond acceptors (Lipinski definition) is 2. The van der Waals surface area contributed by atoms with E-state index < -0.39 is 0 Å². The Morgan fingerprint density at radius 2 is 2.06 bits per heavy atom. The quantitative estimate of drug-likeness (QED) is 0.769. The Labute approximate surface area is 99.2 Å². The van der Waals surface area contributed by atoms with E-state index in [0.29, 0.717) is 17.9 Å². The Hall–Kier alpha value is -0.570. The molecule has 3 heteroatoms. The average Bonchev–Trinajstić information content (AvgIpc) is 2.24. The van der Waals surface area contributed by atoms with Crippen LogP contribution >= 0.6 is 0 Å². The maximum absolute atomic E-state index is 11.8. The van der Waals surface area contributed by atoms with Crippen LogP contribution in [0.1, 0.15) is 46.5 Å². The molecule has 94 valence electrons. The Kier molecular flexibility index (Phi) is 5.26. The molecule has 1 fully saturated rings. The predicted octanol–water partition coefficient (Wildman–Crippen LogP) is 1.91. The minimum Gasteiger partial charge on any atom is -0.356 e. The van der Waals surface area contributed by atoms with Crippen molar-refractivity contribution >= 4 is 5.91 Å². The standard InChI is InChI=1S/C13H26N2O/c1-9(2)10(3)13(16)15-8-11-5-4-6-12(14)7-11/h9-12H,4-8,14H2,1-3H3,(H,15,16). The van der Waals surface area contributed by atoms with Gasteiger partial charge in [0.2, 0.25) is 5.91 Å². The van der Waals surface area contributed by atoms with Crippen LogP contribution in [0.15, 0.2) is 0 Å². The Balaban J connectivity index is 2.25. The fourth-order valence-corrected chi connectivity index (χ4v) is 2.23. The zero-order chi connectivity index (χ0) is 12.1. The summed E-state index contributed by atoms with van der Waals surface area (Å²) < 4.78 is 0. The highest BCUT2D eigenvalue weighted by atomic mass is 16.1. The summed E-state index contributed by atoms with van der Waals surface area (Å²) in [5.74, 6) is 1.30. The highest BCUT2D eigenvalue weighted by molar-refractivity contribution is 5.78. The monoisotopic (exact) mass is 226 g/mol. The molecular formula is C13H26N2O. The lowest BCUT2D eigenvalue weighted by atomic mass is 9.86. The number of nitrogens with two attached hydrogens (primary N) is 1. The third-order valence-electron chi connectivity index (χ3n) is 3.80. The Morgan fingerprint density at radius 3 is 2.62 bits per heavy atom. The molecule has 3 N–H and O–H groups in total. The number of carbonyl (C=O) groups is 1. The molecule has 0 bridgehead atoms. The molecule has 0 spiro atoms. The van der Waals surface area contributed by atoms with Gasteiger partial charge in [-0.1, -0.05) is 27.2 Å². The molecule has 0 heterocycles. The van der Waals surface area contributed by atoms with Gasteiger partial charge in [-0.15, -0.1) is 0 Å². The third kappa shape index (κ3) is 4.12. The van der Waals surface area contributed by atoms with Crippen molar-refractivity contribution in [3.63, 3.8) is 0 Å². The first kappa shape index (κ1) is 13.5. The second kappa shape index (κ2) is 6.24. The molecule has 0 aliphatic heterocycles. The number of hydrogen-bond donors (Lipinski definition) is 2. The van der Waals surface area contributed by atoms with Gasteiger partial charge in [-0.2, -0.15) is 0 Å². The van der Waals surface area contributed by atoms with E-state index in [9.17, 15) is 4.79 Å². The molecule has 0 saturated heterocycles. The van der Waals surface area contributed by atoms with Gasteiger partial charge in [0.05, 0.1) is 0 Å². The number of carbonyl (C=O) groups excluding carboxylic acids is 1. The zero-order valence-corrected chi connectivity index (χ0v) is 10.8. The lowest BCUT2D eigenvalue weighted by molar-refractivity contribution is -0.125. The fourth-order valence-electron chi connectivity index (χ4n) is 2.23. The van der Waals surface area contributed by atoms with Crippen LogP contribution in [0.3, 0.4) is 0 Å². The summed E-state index contributed by atoms with van der Waals surface area (Å²) >= 11 is 0. The number of amides is 1. The maximum atomic E-state index is 11.8. The molecule has 3 unspecified atom stereocenters. The summed E-state index contributed by atoms with van der Waals surface area (Å²) in [4.78, 5) is 11.8. The van der Waals surface area contributed by atoms with Crippen molar-refractivity contribution in [2.45, 2.75) is 52.5 Å². The molecule has 0 aromatic rings. The SMILES string of the molecule is CC(C)C(C)C(=O)NCC1CCCC(N)C1. The molecule has 1 amide bonds. The van der Waals surface area contributed by atoms with E-state index >= 15 is 0 Å². The van der Waals surface area contributed by atoms with Crippen LogP contribution in [-0.2, 0) is 4.79 Å². The minimum absolute atomic E-state index is 0.109. The van der Waals surface area contributed by atoms with Gasteiger partial charge in [0, 0.05) is 18.5 Å². The first-order valence-corrected chi connectivity index (χ1v) is 6.54. The van der Waals surface area contributed by atoms with Crippen LogP contribution in [0, 0.1) is 17.8 Å². The smallest absolute Gasteiger partial charge is 0.223 e. The first-order chi connectivity index (χ1) is 7.50. The van der Waals surface area contributed by atoms with Crippen LogP contribution in [0.5, 0.6) is 0 Å². The van der Waals surface area contributed by atoms with Crippen LogP contribution in [0.4, 0.5) is 0 Å². The highest BCUT2D eigenvalue weighted by Gasteiger charge is 2.21. The highest BCUT2D eigenvalue weighted by Crippen LogP contribution is 2.22. The van der Waals surface area contributed by atoms with E-state index in [1.54, 1.807) is 0 Å². The normalized spacial score (nSPS) is 27.8. The summed E-state index contributed by atoms with van der Waals surface area (Å²) in [7, 11) is 0. The molecule has 3 atom stereocenters. The van der Waals surface area contributed by atoms with E-state index in [2.05, 4.69) is 19.2 Å². The fraction of sp³-hybridized carbons (Fsp3) is 0.923. The van der Waals surface area contributed by atoms with Gasteiger partial charge in [0.25, 0.3) is 0 Å². The topological polar surface area (TPSA) is 55.1 Å². The van der Waals surface area contributed by atoms with Gasteiger partial charge >= 0.3 is 0 Å². The molecule has 1 aliphatic rings. The van der Waals surface area contributed by atoms with Crippen LogP contribution < -0.4 is 11.1 Å². The molecule has 16 heavy (non-hydrogen) atoms. The minimum atomic E-state index is 0.109. The zero-order valence-electron chi connectivity index (χ0n) is 10.8. The van der Waals surface area contributed by atoms with Crippen molar-refractivity contribution in [2.24, 2.45) is 23.5 Å². The lowest BCUT2D eigenvalue weighted by Gasteiger charge is -2.27. The second-order valence-corrected chi connectivity index (χ2v) is 5.57. The average molecular weight is 226 g/mol. The maximum Gasteiger partial charge on any atom is 0.223 e. The van der Waals surface area contributed by atoms with Crippen molar-refractivity contribution in [1.29, 1.82) is 0 Å². The van der Waals surface area contributed by atoms with Crippen LogP contribution in [0.2, 0.25) is 0 Å². The number of nitrogens with one attached hydrogen (secondary N) is 1. The Morgan fingerprint density at radius 1 is 1.38 bits per heavy atom. The summed E-state index contributed by atoms with van der Waals surface area (Å²) in [5.41, 5.74) is 5.93. The summed E-state index contributed by atoms with van der Waals surface area (Å²) in [6, 6.07) is 0.346. The van der Waals surface area contributed by atoms with E-state index in [0.717, 1.165) is 19.4 Å². The summed E-state index contributed by atoms with van der Waals surface area (Å²) in [6.07, 6.45) is 4.63. The molecule has 1 aliphatic carbocycles. The lowest BCUT2D eigenvalue weighted by Crippen LogP contribution is -2.38. The van der Waals surface area contributed by atoms with Gasteiger partial charge in [-0.25, -0.2) is 0 Å². The van der Waals surface area contributed by atoms with Crippen molar-refractivity contribution in [3.8, 4) is 0 Å². The van der Waals surface area contributed by atoms with Crippen molar-refractivity contribution in [1.82, 2.24) is 5.32 Å². The molecule has 1 saturated carbocycles. The molecular weight excluding hydrogens is 200 g/mol. The third-order valence-corrected chi connectivity index (χ3v) is 3.80. The van der Waals surface area contributed by atoms with Gasteiger partial charge < -0.3 is 11.1 Å². The van der Waals surface area contributed by atoms with Crippen LogP contribution in [0.25, 0.3) is 0 Å². The van der Waals surface area contributed by atoms with Gasteiger partial charge in [0.1, 0.15) is 0 Å². The van der Waals surface area contributed by atoms with Gasteiger partial charge in [-0.3, -0.25) is 4.79 Å². The van der Waals surface area contributed by atoms with Crippen molar-refractivity contribution in [3.05, 3.63) is 0 Å². The largest absolute Gasteiger partial charge is 0.356 e. The molecule has 3 nitrogen and oxygen atoms in total. The molecule has 0 aromatic heterocycles. The van der Waals surface area contributed by atoms with E-state index in [4.69, 9.17) is 5.73 Å². The second-order valence-electron chi connectivity index (χ2n) is 5.57. The molecule has 1 rings (SSSR count). The number of rotatable bonds is 4. The molecule has 0 aromatic carbocycles. The summed E-state index contributed by atoms with van der Waals surface area (Å²) in [5, 5.41) is 3.06. The molecule has 0 radical (unpaired) electrons. The van der Waals surface area contributed by atoms with Crippen LogP contribution in [-0.4, -0.2) is 18.5 Å².